The van der Waals surface area contributed by atoms with Gasteiger partial charge in [-0.2, -0.15) is 0 Å². The maximum Gasteiger partial charge on any atom is 0.469 e. The average Bonchev–Trinajstić information content (AvgIpc) is 3.52. The Labute approximate surface area is 305 Å². The van der Waals surface area contributed by atoms with Crippen LogP contribution < -0.4 is 20.4 Å². The second-order valence-corrected chi connectivity index (χ2v) is 14.0. The summed E-state index contributed by atoms with van der Waals surface area (Å²) in [6, 6.07) is 4.60. The molecular formula is C33H35F2N6O12P. The molecule has 5 heterocycles. The number of benzene rings is 1. The van der Waals surface area contributed by atoms with E-state index in [1.54, 1.807) is 4.90 Å². The molecule has 0 unspecified atom stereocenters. The molecule has 3 aromatic rings. The van der Waals surface area contributed by atoms with Crippen LogP contribution in [0.5, 0.6) is 5.75 Å². The number of hydrogen-bond donors (Lipinski definition) is 3. The average molecular weight is 777 g/mol. The van der Waals surface area contributed by atoms with Crippen molar-refractivity contribution < 1.29 is 61.1 Å². The van der Waals surface area contributed by atoms with Crippen LogP contribution in [-0.4, -0.2) is 87.2 Å². The number of hydrogen-bond acceptors (Lipinski definition) is 12. The summed E-state index contributed by atoms with van der Waals surface area (Å²) in [4.78, 5) is 85.6. The molecule has 21 heteroatoms. The van der Waals surface area contributed by atoms with Gasteiger partial charge in [0.1, 0.15) is 23.0 Å². The third-order valence-corrected chi connectivity index (χ3v) is 9.90. The van der Waals surface area contributed by atoms with Crippen molar-refractivity contribution in [1.29, 1.82) is 0 Å². The Balaban J connectivity index is 1.33. The summed E-state index contributed by atoms with van der Waals surface area (Å²) in [7, 11) is -2.18. The van der Waals surface area contributed by atoms with Crippen molar-refractivity contribution in [3.63, 3.8) is 0 Å². The van der Waals surface area contributed by atoms with Gasteiger partial charge in [-0.3, -0.25) is 23.8 Å². The largest absolute Gasteiger partial charge is 0.482 e. The predicted molar refractivity (Wildman–Crippen MR) is 181 cm³/mol. The van der Waals surface area contributed by atoms with Crippen molar-refractivity contribution in [1.82, 2.24) is 19.8 Å². The summed E-state index contributed by atoms with van der Waals surface area (Å²) < 4.78 is 61.4. The van der Waals surface area contributed by atoms with Gasteiger partial charge in [-0.15, -0.1) is 0 Å². The number of amides is 3. The molecule has 2 bridgehead atoms. The van der Waals surface area contributed by atoms with Crippen molar-refractivity contribution in [3.05, 3.63) is 87.0 Å². The quantitative estimate of drug-likeness (QED) is 0.199. The number of rotatable bonds is 10. The summed E-state index contributed by atoms with van der Waals surface area (Å²) >= 11 is 0. The topological polar surface area (TPSA) is 221 Å². The molecular weight excluding hydrogens is 741 g/mol. The van der Waals surface area contributed by atoms with Gasteiger partial charge in [0.05, 0.1) is 26.2 Å². The summed E-state index contributed by atoms with van der Waals surface area (Å²) in [6.07, 6.45) is 2.51. The zero-order chi connectivity index (χ0) is 38.9. The van der Waals surface area contributed by atoms with Crippen molar-refractivity contribution in [2.45, 2.75) is 57.0 Å². The minimum absolute atomic E-state index is 0.0641. The van der Waals surface area contributed by atoms with E-state index in [0.29, 0.717) is 24.8 Å². The van der Waals surface area contributed by atoms with E-state index in [2.05, 4.69) is 20.0 Å². The van der Waals surface area contributed by atoms with E-state index in [4.69, 9.17) is 28.8 Å². The molecule has 18 nitrogen and oxygen atoms in total. The lowest BCUT2D eigenvalue weighted by molar-refractivity contribution is -0.0657. The molecule has 3 amide bonds. The monoisotopic (exact) mass is 776 g/mol. The fourth-order valence-electron chi connectivity index (χ4n) is 6.57. The van der Waals surface area contributed by atoms with Crippen LogP contribution in [0.15, 0.2) is 52.7 Å². The lowest BCUT2D eigenvalue weighted by Gasteiger charge is -2.42. The van der Waals surface area contributed by atoms with Crippen molar-refractivity contribution in [3.8, 4) is 5.75 Å². The Morgan fingerprint density at radius 2 is 1.98 bits per heavy atom. The van der Waals surface area contributed by atoms with Crippen LogP contribution in [0.25, 0.3) is 0 Å². The van der Waals surface area contributed by atoms with Gasteiger partial charge in [-0.25, -0.2) is 23.1 Å². The van der Waals surface area contributed by atoms with E-state index in [0.717, 1.165) is 17.0 Å². The van der Waals surface area contributed by atoms with Gasteiger partial charge in [-0.1, -0.05) is 17.3 Å². The lowest BCUT2D eigenvalue weighted by atomic mass is 9.85. The Kier molecular flexibility index (Phi) is 10.7. The molecule has 54 heavy (non-hydrogen) atoms. The fourth-order valence-corrected chi connectivity index (χ4v) is 6.88. The number of methoxy groups -OCH3 is 1. The zero-order valence-corrected chi connectivity index (χ0v) is 30.0. The smallest absolute Gasteiger partial charge is 0.469 e. The van der Waals surface area contributed by atoms with Crippen molar-refractivity contribution in [2.24, 2.45) is 5.16 Å². The van der Waals surface area contributed by atoms with E-state index in [-0.39, 0.29) is 41.6 Å². The number of fused-ring (bicyclic) bond motifs is 5. The standard InChI is InChI=1S/C33H35F2N6O12P/c1-18-8-9-33(12-25(49-3)38-53-33)24-15-40(18)31(44)26-28(27(42)22(14-41(24)26)30(43)37-13-19-6-7-21(34)11-23(19)35)50-17-51-32(45)39(2)29-20(5-4-10-36-29)16-52-54(46,47)48/h4-7,10-11,14,18,24H,8-9,12-13,15-17H2,1-3H3,(H,37,43)(H2,46,47,48)/t18-,24+,33-/m0/s1. The molecule has 6 rings (SSSR count). The van der Waals surface area contributed by atoms with Crippen LogP contribution in [0, 0.1) is 11.6 Å². The summed E-state index contributed by atoms with van der Waals surface area (Å²) in [5.41, 5.74) is -2.84. The van der Waals surface area contributed by atoms with Crippen LogP contribution in [-0.2, 0) is 36.6 Å². The molecule has 3 atom stereocenters. The zero-order valence-electron chi connectivity index (χ0n) is 29.1. The van der Waals surface area contributed by atoms with Crippen LogP contribution in [0.1, 0.15) is 64.2 Å². The number of aromatic nitrogens is 2. The highest BCUT2D eigenvalue weighted by molar-refractivity contribution is 7.46. The molecule has 0 radical (unpaired) electrons. The first-order valence-electron chi connectivity index (χ1n) is 16.4. The molecule has 288 valence electrons. The molecule has 1 spiro atoms. The SMILES string of the molecule is COC1=NO[C@@]2(CC[C@H](C)N3C[C@H]2n2cc(C(=O)NCc4ccc(F)cc4F)c(=O)c(OCOC(=O)N(C)c4ncccc4COP(=O)(O)O)c2C3=O)C1. The van der Waals surface area contributed by atoms with Gasteiger partial charge >= 0.3 is 13.9 Å². The van der Waals surface area contributed by atoms with Crippen molar-refractivity contribution >= 4 is 37.4 Å². The van der Waals surface area contributed by atoms with Gasteiger partial charge in [0.25, 0.3) is 11.8 Å². The maximum absolute atomic E-state index is 14.4. The highest BCUT2D eigenvalue weighted by Crippen LogP contribution is 2.46. The minimum atomic E-state index is -4.86. The number of ether oxygens (including phenoxy) is 3. The number of phosphoric ester groups is 1. The number of pyridine rings is 2. The molecule has 3 N–H and O–H groups in total. The van der Waals surface area contributed by atoms with Crippen LogP contribution >= 0.6 is 7.82 Å². The first-order chi connectivity index (χ1) is 25.6. The number of carbonyl (C=O) groups excluding carboxylic acids is 3. The predicted octanol–water partition coefficient (Wildman–Crippen LogP) is 2.97. The number of carbonyl (C=O) groups is 3. The summed E-state index contributed by atoms with van der Waals surface area (Å²) in [5.74, 6) is -3.74. The molecule has 0 aliphatic carbocycles. The summed E-state index contributed by atoms with van der Waals surface area (Å²) in [5, 5.41) is 6.53. The van der Waals surface area contributed by atoms with E-state index in [9.17, 15) is 32.5 Å². The molecule has 1 aromatic carbocycles. The fraction of sp³-hybridized carbons (Fsp3) is 0.394. The van der Waals surface area contributed by atoms with Gasteiger partial charge < -0.3 is 43.6 Å². The third kappa shape index (κ3) is 7.63. The molecule has 2 aromatic heterocycles. The summed E-state index contributed by atoms with van der Waals surface area (Å²) in [6.45, 7) is -0.0492. The second kappa shape index (κ2) is 15.1. The first-order valence-corrected chi connectivity index (χ1v) is 17.9. The lowest BCUT2D eigenvalue weighted by Crippen LogP contribution is -2.52. The molecule has 1 saturated heterocycles. The molecule has 3 aliphatic rings. The molecule has 0 saturated carbocycles. The Bertz CT molecular complexity index is 2130. The van der Waals surface area contributed by atoms with Gasteiger partial charge in [-0.05, 0) is 31.9 Å². The van der Waals surface area contributed by atoms with Crippen LogP contribution in [0.2, 0.25) is 0 Å². The van der Waals surface area contributed by atoms with Crippen LogP contribution in [0.4, 0.5) is 19.4 Å². The maximum atomic E-state index is 14.4. The van der Waals surface area contributed by atoms with E-state index >= 15 is 0 Å². The molecule has 1 fully saturated rings. The normalized spacial score (nSPS) is 20.4. The highest BCUT2D eigenvalue weighted by atomic mass is 31.2. The number of phosphoric acid groups is 1. The Morgan fingerprint density at radius 3 is 2.69 bits per heavy atom. The van der Waals surface area contributed by atoms with E-state index < -0.39 is 85.7 Å². The first kappa shape index (κ1) is 38.3. The van der Waals surface area contributed by atoms with Gasteiger partial charge in [0.15, 0.2) is 11.3 Å². The van der Waals surface area contributed by atoms with E-state index in [1.165, 1.54) is 43.3 Å². The number of anilines is 1. The number of nitrogens with one attached hydrogen (secondary N) is 1. The minimum Gasteiger partial charge on any atom is -0.482 e. The van der Waals surface area contributed by atoms with E-state index in [1.807, 2.05) is 6.92 Å². The van der Waals surface area contributed by atoms with Gasteiger partial charge in [0, 0.05) is 55.8 Å². The van der Waals surface area contributed by atoms with Crippen LogP contribution in [0.3, 0.4) is 0 Å². The second-order valence-electron chi connectivity index (χ2n) is 12.7. The molecule has 3 aliphatic heterocycles. The van der Waals surface area contributed by atoms with Gasteiger partial charge in [0.2, 0.25) is 23.9 Å². The highest BCUT2D eigenvalue weighted by Gasteiger charge is 2.55. The Morgan fingerprint density at radius 1 is 1.20 bits per heavy atom. The van der Waals surface area contributed by atoms with Crippen molar-refractivity contribution in [2.75, 3.05) is 32.4 Å². The number of nitrogens with zero attached hydrogens (tertiary/aromatic N) is 5. The Hall–Kier alpha value is -5.43. The number of halogens is 2. The third-order valence-electron chi connectivity index (χ3n) is 9.43. The number of oxime groups is 1.